The van der Waals surface area contributed by atoms with Crippen LogP contribution in [0.1, 0.15) is 56.2 Å². The van der Waals surface area contributed by atoms with Gasteiger partial charge in [0.1, 0.15) is 0 Å². The number of carboxylic acids is 1. The van der Waals surface area contributed by atoms with E-state index in [1.54, 1.807) is 23.1 Å². The molecule has 1 aliphatic carbocycles. The van der Waals surface area contributed by atoms with E-state index in [1.165, 1.54) is 0 Å². The van der Waals surface area contributed by atoms with Gasteiger partial charge in [-0.1, -0.05) is 44.5 Å². The van der Waals surface area contributed by atoms with E-state index in [9.17, 15) is 14.7 Å². The van der Waals surface area contributed by atoms with Crippen molar-refractivity contribution < 1.29 is 19.2 Å². The molecule has 1 amide bonds. The van der Waals surface area contributed by atoms with Gasteiger partial charge in [-0.25, -0.2) is 0 Å². The number of hydrogen-bond acceptors (Lipinski definition) is 5. The van der Waals surface area contributed by atoms with Gasteiger partial charge in [0.25, 0.3) is 11.8 Å². The van der Waals surface area contributed by atoms with E-state index in [0.717, 1.165) is 12.8 Å². The molecule has 1 aliphatic heterocycles. The van der Waals surface area contributed by atoms with Gasteiger partial charge in [0.15, 0.2) is 5.82 Å². The highest BCUT2D eigenvalue weighted by molar-refractivity contribution is 6.00. The van der Waals surface area contributed by atoms with Crippen LogP contribution in [-0.2, 0) is 10.2 Å². The number of carboxylic acid groups (broad SMARTS) is 1. The van der Waals surface area contributed by atoms with Crippen LogP contribution in [0.15, 0.2) is 28.8 Å². The van der Waals surface area contributed by atoms with Crippen molar-refractivity contribution in [2.24, 2.45) is 11.3 Å². The van der Waals surface area contributed by atoms with E-state index in [0.29, 0.717) is 35.8 Å². The zero-order valence-corrected chi connectivity index (χ0v) is 16.4. The molecule has 2 fully saturated rings. The van der Waals surface area contributed by atoms with Crippen molar-refractivity contribution in [3.63, 3.8) is 0 Å². The van der Waals surface area contributed by atoms with E-state index in [2.05, 4.69) is 10.1 Å². The van der Waals surface area contributed by atoms with Crippen molar-refractivity contribution >= 4 is 11.9 Å². The van der Waals surface area contributed by atoms with Crippen LogP contribution in [0.3, 0.4) is 0 Å². The molecule has 0 radical (unpaired) electrons. The number of aliphatic carboxylic acids is 1. The zero-order chi connectivity index (χ0) is 20.1. The molecular formula is C21H25N3O4. The Labute approximate surface area is 163 Å². The Morgan fingerprint density at radius 1 is 1.29 bits per heavy atom. The Morgan fingerprint density at radius 3 is 2.68 bits per heavy atom. The van der Waals surface area contributed by atoms with Crippen molar-refractivity contribution in [2.45, 2.75) is 45.4 Å². The highest BCUT2D eigenvalue weighted by Crippen LogP contribution is 2.49. The van der Waals surface area contributed by atoms with E-state index < -0.39 is 11.4 Å². The van der Waals surface area contributed by atoms with E-state index >= 15 is 0 Å². The van der Waals surface area contributed by atoms with E-state index in [-0.39, 0.29) is 23.8 Å². The Morgan fingerprint density at radius 2 is 2.04 bits per heavy atom. The minimum atomic E-state index is -0.797. The molecule has 1 saturated carbocycles. The fourth-order valence-electron chi connectivity index (χ4n) is 4.46. The summed E-state index contributed by atoms with van der Waals surface area (Å²) in [5.41, 5.74) is -0.0146. The summed E-state index contributed by atoms with van der Waals surface area (Å²) >= 11 is 0. The lowest BCUT2D eigenvalue weighted by Crippen LogP contribution is -2.37. The van der Waals surface area contributed by atoms with Crippen LogP contribution in [0.25, 0.3) is 11.5 Å². The molecule has 148 valence electrons. The van der Waals surface area contributed by atoms with Crippen LogP contribution < -0.4 is 0 Å². The van der Waals surface area contributed by atoms with Gasteiger partial charge in [0, 0.05) is 18.5 Å². The molecule has 1 saturated heterocycles. The lowest BCUT2D eigenvalue weighted by molar-refractivity contribution is -0.149. The van der Waals surface area contributed by atoms with Crippen molar-refractivity contribution in [1.82, 2.24) is 15.0 Å². The molecule has 7 nitrogen and oxygen atoms in total. The summed E-state index contributed by atoms with van der Waals surface area (Å²) in [7, 11) is 0. The van der Waals surface area contributed by atoms with Gasteiger partial charge >= 0.3 is 5.97 Å². The molecule has 4 rings (SSSR count). The highest BCUT2D eigenvalue weighted by atomic mass is 16.5. The lowest BCUT2D eigenvalue weighted by Gasteiger charge is -2.23. The average Bonchev–Trinajstić information content (AvgIpc) is 3.34. The Kier molecular flexibility index (Phi) is 4.28. The normalized spacial score (nSPS) is 24.4. The number of carbonyl (C=O) groups is 2. The Bertz CT molecular complexity index is 930. The van der Waals surface area contributed by atoms with Gasteiger partial charge in [0.2, 0.25) is 0 Å². The molecule has 2 heterocycles. The quantitative estimate of drug-likeness (QED) is 0.873. The molecule has 0 spiro atoms. The summed E-state index contributed by atoms with van der Waals surface area (Å²) < 4.78 is 5.44. The fraction of sp³-hybridized carbons (Fsp3) is 0.524. The Hall–Kier alpha value is -2.70. The number of rotatable bonds is 3. The molecule has 7 heteroatoms. The topological polar surface area (TPSA) is 96.5 Å². The second kappa shape index (κ2) is 6.43. The summed E-state index contributed by atoms with van der Waals surface area (Å²) in [6, 6.07) is 7.14. The second-order valence-corrected chi connectivity index (χ2v) is 8.95. The monoisotopic (exact) mass is 383 g/mol. The van der Waals surface area contributed by atoms with Gasteiger partial charge in [0.05, 0.1) is 16.5 Å². The number of hydrogen-bond donors (Lipinski definition) is 1. The van der Waals surface area contributed by atoms with Gasteiger partial charge in [-0.05, 0) is 30.9 Å². The maximum absolute atomic E-state index is 13.3. The first kappa shape index (κ1) is 18.7. The van der Waals surface area contributed by atoms with Crippen molar-refractivity contribution in [3.05, 3.63) is 35.7 Å². The molecule has 28 heavy (non-hydrogen) atoms. The number of carbonyl (C=O) groups excluding carboxylic acids is 1. The van der Waals surface area contributed by atoms with Crippen molar-refractivity contribution in [3.8, 4) is 11.5 Å². The number of nitrogens with zero attached hydrogens (tertiary/aromatic N) is 3. The van der Waals surface area contributed by atoms with Gasteiger partial charge in [-0.2, -0.15) is 4.98 Å². The van der Waals surface area contributed by atoms with Crippen molar-refractivity contribution in [2.75, 3.05) is 13.1 Å². The highest BCUT2D eigenvalue weighted by Gasteiger charge is 2.56. The first-order valence-electron chi connectivity index (χ1n) is 9.69. The van der Waals surface area contributed by atoms with Crippen LogP contribution in [0, 0.1) is 11.3 Å². The maximum atomic E-state index is 13.3. The summed E-state index contributed by atoms with van der Waals surface area (Å²) in [6.07, 6.45) is 2.40. The third-order valence-electron chi connectivity index (χ3n) is 6.07. The molecule has 2 aliphatic rings. The molecule has 2 atom stereocenters. The van der Waals surface area contributed by atoms with Crippen molar-refractivity contribution in [1.29, 1.82) is 0 Å². The SMILES string of the molecule is CC(C)(C)c1noc(-c2ccccc2C(=O)N2C[C@@H]3CCC[C@@]3(C(=O)O)C2)n1. The van der Waals surface area contributed by atoms with Crippen LogP contribution >= 0.6 is 0 Å². The van der Waals surface area contributed by atoms with E-state index in [1.807, 2.05) is 26.8 Å². The number of aromatic nitrogens is 2. The predicted octanol–water partition coefficient (Wildman–Crippen LogP) is 3.36. The smallest absolute Gasteiger partial charge is 0.311 e. The van der Waals surface area contributed by atoms with E-state index in [4.69, 9.17) is 4.52 Å². The van der Waals surface area contributed by atoms with Gasteiger partial charge in [-0.15, -0.1) is 0 Å². The number of fused-ring (bicyclic) bond motifs is 1. The van der Waals surface area contributed by atoms with Gasteiger partial charge in [-0.3, -0.25) is 9.59 Å². The molecule has 1 aromatic carbocycles. The minimum Gasteiger partial charge on any atom is -0.481 e. The number of benzene rings is 1. The fourth-order valence-corrected chi connectivity index (χ4v) is 4.46. The third-order valence-corrected chi connectivity index (χ3v) is 6.07. The molecule has 1 aromatic heterocycles. The standard InChI is InChI=1S/C21H25N3O4/c1-20(2,3)18-22-16(28-23-18)14-8-4-5-9-15(14)17(25)24-11-13-7-6-10-21(13,12-24)19(26)27/h4-5,8-9,13H,6-7,10-12H2,1-3H3,(H,26,27)/t13-,21+/m0/s1. The maximum Gasteiger partial charge on any atom is 0.311 e. The summed E-state index contributed by atoms with van der Waals surface area (Å²) in [5.74, 6) is -0.0602. The van der Waals surface area contributed by atoms with Crippen LogP contribution in [0.2, 0.25) is 0 Å². The first-order chi connectivity index (χ1) is 13.2. The average molecular weight is 383 g/mol. The molecule has 1 N–H and O–H groups in total. The largest absolute Gasteiger partial charge is 0.481 e. The Balaban J connectivity index is 1.65. The summed E-state index contributed by atoms with van der Waals surface area (Å²) in [4.78, 5) is 31.4. The summed E-state index contributed by atoms with van der Waals surface area (Å²) in [5, 5.41) is 13.8. The molecule has 0 unspecified atom stereocenters. The minimum absolute atomic E-state index is 0.0250. The number of amides is 1. The molecule has 0 bridgehead atoms. The van der Waals surface area contributed by atoms with Crippen LogP contribution in [0.5, 0.6) is 0 Å². The summed E-state index contributed by atoms with van der Waals surface area (Å²) in [6.45, 7) is 6.72. The zero-order valence-electron chi connectivity index (χ0n) is 16.4. The van der Waals surface area contributed by atoms with Crippen LogP contribution in [-0.4, -0.2) is 45.1 Å². The lowest BCUT2D eigenvalue weighted by atomic mass is 9.81. The second-order valence-electron chi connectivity index (χ2n) is 8.95. The van der Waals surface area contributed by atoms with Crippen LogP contribution in [0.4, 0.5) is 0 Å². The number of likely N-dealkylation sites (tertiary alicyclic amines) is 1. The predicted molar refractivity (Wildman–Crippen MR) is 102 cm³/mol. The van der Waals surface area contributed by atoms with Gasteiger partial charge < -0.3 is 14.5 Å². The molecular weight excluding hydrogens is 358 g/mol. The first-order valence-corrected chi connectivity index (χ1v) is 9.69. The molecule has 2 aromatic rings. The third kappa shape index (κ3) is 2.89.